The molecule has 25 heavy (non-hydrogen) atoms. The van der Waals surface area contributed by atoms with Crippen molar-refractivity contribution < 1.29 is 9.84 Å². The molecule has 0 saturated heterocycles. The van der Waals surface area contributed by atoms with Crippen LogP contribution in [0.2, 0.25) is 0 Å². The Kier molecular flexibility index (Phi) is 7.70. The standard InChI is InChI=1S/C20H31N3O2/c1-23(2)20(11-4-3-5-12-20)16-22-14-18(24)15-25-19-8-6-17(7-9-19)10-13-21/h6-9,18,22,24H,3-5,10-12,14-16H2,1-2H3/t18-/m0/s1. The summed E-state index contributed by atoms with van der Waals surface area (Å²) in [7, 11) is 4.31. The molecule has 138 valence electrons. The average molecular weight is 345 g/mol. The van der Waals surface area contributed by atoms with Gasteiger partial charge in [0.25, 0.3) is 0 Å². The fourth-order valence-electron chi connectivity index (χ4n) is 3.51. The van der Waals surface area contributed by atoms with Crippen LogP contribution in [0.25, 0.3) is 0 Å². The van der Waals surface area contributed by atoms with E-state index >= 15 is 0 Å². The molecule has 2 N–H and O–H groups in total. The molecular formula is C20H31N3O2. The zero-order chi connectivity index (χ0) is 18.1. The second-order valence-electron chi connectivity index (χ2n) is 7.25. The molecule has 1 aromatic rings. The lowest BCUT2D eigenvalue weighted by Gasteiger charge is -2.43. The summed E-state index contributed by atoms with van der Waals surface area (Å²) < 4.78 is 5.63. The van der Waals surface area contributed by atoms with Gasteiger partial charge < -0.3 is 20.1 Å². The number of nitrogens with one attached hydrogen (secondary N) is 1. The lowest BCUT2D eigenvalue weighted by Crippen LogP contribution is -2.53. The molecule has 0 bridgehead atoms. The van der Waals surface area contributed by atoms with Crippen molar-refractivity contribution in [2.75, 3.05) is 33.8 Å². The van der Waals surface area contributed by atoms with Crippen molar-refractivity contribution in [2.24, 2.45) is 0 Å². The molecule has 1 fully saturated rings. The van der Waals surface area contributed by atoms with Crippen molar-refractivity contribution in [3.8, 4) is 11.8 Å². The maximum absolute atomic E-state index is 10.2. The Bertz CT molecular complexity index is 545. The van der Waals surface area contributed by atoms with Crippen LogP contribution in [0, 0.1) is 11.3 Å². The van der Waals surface area contributed by atoms with Crippen molar-refractivity contribution >= 4 is 0 Å². The minimum absolute atomic E-state index is 0.218. The minimum Gasteiger partial charge on any atom is -0.491 e. The first kappa shape index (κ1) is 19.7. The molecule has 0 aliphatic heterocycles. The first-order chi connectivity index (χ1) is 12.1. The van der Waals surface area contributed by atoms with Gasteiger partial charge in [0.2, 0.25) is 0 Å². The van der Waals surface area contributed by atoms with E-state index in [0.29, 0.717) is 13.0 Å². The van der Waals surface area contributed by atoms with Gasteiger partial charge in [-0.2, -0.15) is 5.26 Å². The van der Waals surface area contributed by atoms with E-state index in [4.69, 9.17) is 10.00 Å². The lowest BCUT2D eigenvalue weighted by molar-refractivity contribution is 0.0789. The van der Waals surface area contributed by atoms with E-state index in [1.54, 1.807) is 0 Å². The van der Waals surface area contributed by atoms with E-state index in [-0.39, 0.29) is 12.1 Å². The van der Waals surface area contributed by atoms with Crippen LogP contribution in [0.1, 0.15) is 37.7 Å². The van der Waals surface area contributed by atoms with E-state index in [2.05, 4.69) is 30.4 Å². The number of benzene rings is 1. The monoisotopic (exact) mass is 345 g/mol. The van der Waals surface area contributed by atoms with Gasteiger partial charge in [0, 0.05) is 18.6 Å². The SMILES string of the molecule is CN(C)C1(CNC[C@H](O)COc2ccc(CC#N)cc2)CCCCC1. The van der Waals surface area contributed by atoms with E-state index in [9.17, 15) is 5.11 Å². The van der Waals surface area contributed by atoms with Crippen molar-refractivity contribution in [1.29, 1.82) is 5.26 Å². The van der Waals surface area contributed by atoms with Gasteiger partial charge in [-0.15, -0.1) is 0 Å². The number of hydrogen-bond donors (Lipinski definition) is 2. The normalized spacial score (nSPS) is 17.9. The van der Waals surface area contributed by atoms with Crippen LogP contribution >= 0.6 is 0 Å². The maximum atomic E-state index is 10.2. The molecule has 1 atom stereocenters. The predicted molar refractivity (Wildman–Crippen MR) is 99.6 cm³/mol. The molecule has 1 aliphatic rings. The Morgan fingerprint density at radius 3 is 2.52 bits per heavy atom. The molecule has 1 saturated carbocycles. The fraction of sp³-hybridized carbons (Fsp3) is 0.650. The smallest absolute Gasteiger partial charge is 0.119 e. The van der Waals surface area contributed by atoms with Crippen LogP contribution in [-0.2, 0) is 6.42 Å². The van der Waals surface area contributed by atoms with Gasteiger partial charge in [0.1, 0.15) is 18.5 Å². The molecule has 0 amide bonds. The van der Waals surface area contributed by atoms with Crippen LogP contribution in [0.5, 0.6) is 5.75 Å². The number of nitrogens with zero attached hydrogens (tertiary/aromatic N) is 2. The second kappa shape index (κ2) is 9.76. The Balaban J connectivity index is 1.71. The Hall–Kier alpha value is -1.61. The molecule has 1 aromatic carbocycles. The summed E-state index contributed by atoms with van der Waals surface area (Å²) in [6, 6.07) is 9.57. The zero-order valence-corrected chi connectivity index (χ0v) is 15.5. The number of rotatable bonds is 9. The third kappa shape index (κ3) is 6.00. The van der Waals surface area contributed by atoms with Gasteiger partial charge in [-0.1, -0.05) is 31.4 Å². The number of aliphatic hydroxyl groups is 1. The van der Waals surface area contributed by atoms with Crippen LogP contribution in [0.3, 0.4) is 0 Å². The van der Waals surface area contributed by atoms with Crippen molar-refractivity contribution in [3.63, 3.8) is 0 Å². The van der Waals surface area contributed by atoms with E-state index in [1.807, 2.05) is 24.3 Å². The van der Waals surface area contributed by atoms with Gasteiger partial charge in [-0.05, 0) is 44.6 Å². The van der Waals surface area contributed by atoms with Crippen molar-refractivity contribution in [3.05, 3.63) is 29.8 Å². The highest BCUT2D eigenvalue weighted by atomic mass is 16.5. The van der Waals surface area contributed by atoms with E-state index in [1.165, 1.54) is 32.1 Å². The molecule has 5 nitrogen and oxygen atoms in total. The Morgan fingerprint density at radius 2 is 1.92 bits per heavy atom. The molecule has 5 heteroatoms. The molecule has 0 radical (unpaired) electrons. The molecule has 0 aromatic heterocycles. The second-order valence-corrected chi connectivity index (χ2v) is 7.25. The van der Waals surface area contributed by atoms with Crippen LogP contribution in [-0.4, -0.2) is 55.4 Å². The van der Waals surface area contributed by atoms with Gasteiger partial charge in [-0.25, -0.2) is 0 Å². The van der Waals surface area contributed by atoms with Crippen molar-refractivity contribution in [1.82, 2.24) is 10.2 Å². The van der Waals surface area contributed by atoms with Crippen LogP contribution in [0.15, 0.2) is 24.3 Å². The Labute approximate surface area is 151 Å². The lowest BCUT2D eigenvalue weighted by atomic mass is 9.80. The molecule has 0 unspecified atom stereocenters. The third-order valence-electron chi connectivity index (χ3n) is 5.22. The summed E-state index contributed by atoms with van der Waals surface area (Å²) in [5.74, 6) is 0.720. The highest BCUT2D eigenvalue weighted by molar-refractivity contribution is 5.28. The average Bonchev–Trinajstić information content (AvgIpc) is 2.62. The first-order valence-electron chi connectivity index (χ1n) is 9.21. The quantitative estimate of drug-likeness (QED) is 0.719. The summed E-state index contributed by atoms with van der Waals surface area (Å²) >= 11 is 0. The van der Waals surface area contributed by atoms with Crippen LogP contribution in [0.4, 0.5) is 0 Å². The summed E-state index contributed by atoms with van der Waals surface area (Å²) in [4.78, 5) is 2.34. The topological polar surface area (TPSA) is 68.5 Å². The summed E-state index contributed by atoms with van der Waals surface area (Å²) in [6.07, 6.45) is 6.20. The van der Waals surface area contributed by atoms with Gasteiger partial charge in [0.05, 0.1) is 12.5 Å². The van der Waals surface area contributed by atoms with Crippen molar-refractivity contribution in [2.45, 2.75) is 50.2 Å². The highest BCUT2D eigenvalue weighted by Gasteiger charge is 2.33. The minimum atomic E-state index is -0.540. The number of hydrogen-bond acceptors (Lipinski definition) is 5. The molecular weight excluding hydrogens is 314 g/mol. The maximum Gasteiger partial charge on any atom is 0.119 e. The van der Waals surface area contributed by atoms with Crippen LogP contribution < -0.4 is 10.1 Å². The summed E-state index contributed by atoms with van der Waals surface area (Å²) in [6.45, 7) is 1.70. The summed E-state index contributed by atoms with van der Waals surface area (Å²) in [5.41, 5.74) is 1.19. The third-order valence-corrected chi connectivity index (χ3v) is 5.22. The molecule has 1 aliphatic carbocycles. The van der Waals surface area contributed by atoms with E-state index < -0.39 is 6.10 Å². The number of ether oxygens (including phenoxy) is 1. The fourth-order valence-corrected chi connectivity index (χ4v) is 3.51. The van der Waals surface area contributed by atoms with Gasteiger partial charge in [0.15, 0.2) is 0 Å². The van der Waals surface area contributed by atoms with Gasteiger partial charge >= 0.3 is 0 Å². The largest absolute Gasteiger partial charge is 0.491 e. The first-order valence-corrected chi connectivity index (χ1v) is 9.21. The molecule has 0 spiro atoms. The molecule has 2 rings (SSSR count). The number of aliphatic hydroxyl groups excluding tert-OH is 1. The zero-order valence-electron chi connectivity index (χ0n) is 15.5. The summed E-state index contributed by atoms with van der Waals surface area (Å²) in [5, 5.41) is 22.3. The van der Waals surface area contributed by atoms with Gasteiger partial charge in [-0.3, -0.25) is 0 Å². The number of likely N-dealkylation sites (N-methyl/N-ethyl adjacent to an activating group) is 1. The predicted octanol–water partition coefficient (Wildman–Crippen LogP) is 2.35. The van der Waals surface area contributed by atoms with E-state index in [0.717, 1.165) is 17.9 Å². The number of nitriles is 1. The highest BCUT2D eigenvalue weighted by Crippen LogP contribution is 2.31. The Morgan fingerprint density at radius 1 is 1.24 bits per heavy atom. The molecule has 0 heterocycles.